The summed E-state index contributed by atoms with van der Waals surface area (Å²) in [4.78, 5) is 27.3. The average molecular weight is 439 g/mol. The van der Waals surface area contributed by atoms with Crippen LogP contribution in [0.5, 0.6) is 5.75 Å². The largest absolute Gasteiger partial charge is 0.497 e. The van der Waals surface area contributed by atoms with Gasteiger partial charge in [-0.25, -0.2) is 4.79 Å². The molecule has 2 aromatic carbocycles. The second-order valence-corrected chi connectivity index (χ2v) is 8.05. The SMILES string of the molecule is COc1cccc(C(CNC(=O)Nc2cccc(NC(=O)c3cccs3)c2)N(C)C)c1. The molecule has 0 spiro atoms. The highest BCUT2D eigenvalue weighted by molar-refractivity contribution is 7.12. The lowest BCUT2D eigenvalue weighted by molar-refractivity contribution is 0.103. The lowest BCUT2D eigenvalue weighted by Gasteiger charge is -2.25. The summed E-state index contributed by atoms with van der Waals surface area (Å²) in [5.74, 6) is 0.596. The first-order chi connectivity index (χ1) is 15.0. The molecule has 0 aliphatic heterocycles. The van der Waals surface area contributed by atoms with E-state index in [0.29, 0.717) is 22.8 Å². The van der Waals surface area contributed by atoms with Crippen molar-refractivity contribution in [1.29, 1.82) is 0 Å². The van der Waals surface area contributed by atoms with Crippen LogP contribution in [0.15, 0.2) is 66.0 Å². The van der Waals surface area contributed by atoms with E-state index in [9.17, 15) is 9.59 Å². The number of carbonyl (C=O) groups excluding carboxylic acids is 2. The van der Waals surface area contributed by atoms with E-state index in [2.05, 4.69) is 16.0 Å². The second-order valence-electron chi connectivity index (χ2n) is 7.10. The first-order valence-electron chi connectivity index (χ1n) is 9.76. The topological polar surface area (TPSA) is 82.7 Å². The molecule has 0 fully saturated rings. The van der Waals surface area contributed by atoms with Gasteiger partial charge in [-0.15, -0.1) is 11.3 Å². The number of likely N-dealkylation sites (N-methyl/N-ethyl adjacent to an activating group) is 1. The van der Waals surface area contributed by atoms with Gasteiger partial charge in [0.2, 0.25) is 0 Å². The van der Waals surface area contributed by atoms with E-state index in [4.69, 9.17) is 4.74 Å². The van der Waals surface area contributed by atoms with Crippen LogP contribution >= 0.6 is 11.3 Å². The third-order valence-electron chi connectivity index (χ3n) is 4.68. The van der Waals surface area contributed by atoms with Crippen LogP contribution in [0.1, 0.15) is 21.3 Å². The summed E-state index contributed by atoms with van der Waals surface area (Å²) in [6.45, 7) is 0.417. The Labute approximate surface area is 186 Å². The zero-order valence-electron chi connectivity index (χ0n) is 17.7. The Morgan fingerprint density at radius 1 is 1.00 bits per heavy atom. The van der Waals surface area contributed by atoms with Gasteiger partial charge in [0.05, 0.1) is 18.0 Å². The van der Waals surface area contributed by atoms with Crippen LogP contribution in [0.4, 0.5) is 16.2 Å². The van der Waals surface area contributed by atoms with Gasteiger partial charge in [-0.1, -0.05) is 24.3 Å². The first kappa shape index (κ1) is 22.3. The number of nitrogens with zero attached hydrogens (tertiary/aromatic N) is 1. The molecule has 1 aromatic heterocycles. The van der Waals surface area contributed by atoms with Gasteiger partial charge in [-0.05, 0) is 61.4 Å². The van der Waals surface area contributed by atoms with Gasteiger partial charge in [0.25, 0.3) is 5.91 Å². The molecular weight excluding hydrogens is 412 g/mol. The summed E-state index contributed by atoms with van der Waals surface area (Å²) in [6, 6.07) is 18.1. The van der Waals surface area contributed by atoms with E-state index >= 15 is 0 Å². The van der Waals surface area contributed by atoms with Gasteiger partial charge in [-0.3, -0.25) is 4.79 Å². The Bertz CT molecular complexity index is 1020. The van der Waals surface area contributed by atoms with E-state index in [1.165, 1.54) is 11.3 Å². The van der Waals surface area contributed by atoms with Crippen molar-refractivity contribution in [2.45, 2.75) is 6.04 Å². The normalized spacial score (nSPS) is 11.6. The molecule has 3 rings (SSSR count). The maximum Gasteiger partial charge on any atom is 0.319 e. The Kier molecular flexibility index (Phi) is 7.64. The van der Waals surface area contributed by atoms with Crippen molar-refractivity contribution in [2.24, 2.45) is 0 Å². The van der Waals surface area contributed by atoms with E-state index in [-0.39, 0.29) is 18.0 Å². The molecule has 0 radical (unpaired) electrons. The second kappa shape index (κ2) is 10.6. The number of methoxy groups -OCH3 is 1. The molecule has 7 nitrogen and oxygen atoms in total. The maximum absolute atomic E-state index is 12.5. The van der Waals surface area contributed by atoms with Crippen molar-refractivity contribution in [3.8, 4) is 5.75 Å². The van der Waals surface area contributed by atoms with Gasteiger partial charge >= 0.3 is 6.03 Å². The van der Waals surface area contributed by atoms with Crippen molar-refractivity contribution in [2.75, 3.05) is 38.4 Å². The minimum Gasteiger partial charge on any atom is -0.497 e. The third-order valence-corrected chi connectivity index (χ3v) is 5.55. The first-order valence-corrected chi connectivity index (χ1v) is 10.6. The molecular formula is C23H26N4O3S. The van der Waals surface area contributed by atoms with Crippen LogP contribution in [0.2, 0.25) is 0 Å². The fraction of sp³-hybridized carbons (Fsp3) is 0.217. The molecule has 1 heterocycles. The zero-order valence-corrected chi connectivity index (χ0v) is 18.5. The van der Waals surface area contributed by atoms with E-state index < -0.39 is 0 Å². The summed E-state index contributed by atoms with van der Waals surface area (Å²) in [7, 11) is 5.55. The molecule has 0 saturated heterocycles. The van der Waals surface area contributed by atoms with Gasteiger partial charge in [0.1, 0.15) is 5.75 Å². The van der Waals surface area contributed by atoms with Crippen molar-refractivity contribution < 1.29 is 14.3 Å². The van der Waals surface area contributed by atoms with Gasteiger partial charge in [0.15, 0.2) is 0 Å². The molecule has 162 valence electrons. The van der Waals surface area contributed by atoms with Crippen molar-refractivity contribution >= 4 is 34.6 Å². The number of benzene rings is 2. The Hall–Kier alpha value is -3.36. The van der Waals surface area contributed by atoms with Crippen LogP contribution < -0.4 is 20.7 Å². The molecule has 0 bridgehead atoms. The fourth-order valence-electron chi connectivity index (χ4n) is 3.09. The zero-order chi connectivity index (χ0) is 22.2. The summed E-state index contributed by atoms with van der Waals surface area (Å²) in [5.41, 5.74) is 2.24. The molecule has 0 saturated carbocycles. The molecule has 3 amide bonds. The lowest BCUT2D eigenvalue weighted by atomic mass is 10.1. The van der Waals surface area contributed by atoms with Crippen molar-refractivity contribution in [3.63, 3.8) is 0 Å². The van der Waals surface area contributed by atoms with Gasteiger partial charge in [-0.2, -0.15) is 0 Å². The van der Waals surface area contributed by atoms with Crippen molar-refractivity contribution in [1.82, 2.24) is 10.2 Å². The highest BCUT2D eigenvalue weighted by Crippen LogP contribution is 2.22. The molecule has 1 atom stereocenters. The number of carbonyl (C=O) groups is 2. The number of hydrogen-bond donors (Lipinski definition) is 3. The van der Waals surface area contributed by atoms with Crippen LogP contribution in [0.3, 0.4) is 0 Å². The summed E-state index contributed by atoms with van der Waals surface area (Å²) >= 11 is 1.37. The number of amides is 3. The van der Waals surface area contributed by atoms with E-state index in [1.54, 1.807) is 37.4 Å². The summed E-state index contributed by atoms with van der Waals surface area (Å²) in [6.07, 6.45) is 0. The lowest BCUT2D eigenvalue weighted by Crippen LogP contribution is -2.36. The quantitative estimate of drug-likeness (QED) is 0.486. The van der Waals surface area contributed by atoms with Crippen LogP contribution in [0, 0.1) is 0 Å². The van der Waals surface area contributed by atoms with E-state index in [1.807, 2.05) is 54.7 Å². The third kappa shape index (κ3) is 6.31. The number of urea groups is 1. The molecule has 3 N–H and O–H groups in total. The molecule has 3 aromatic rings. The summed E-state index contributed by atoms with van der Waals surface area (Å²) in [5, 5.41) is 10.4. The molecule has 0 aliphatic carbocycles. The minimum absolute atomic E-state index is 0.0164. The number of nitrogens with one attached hydrogen (secondary N) is 3. The number of rotatable bonds is 8. The van der Waals surface area contributed by atoms with Crippen LogP contribution in [-0.2, 0) is 0 Å². The predicted molar refractivity (Wildman–Crippen MR) is 125 cm³/mol. The predicted octanol–water partition coefficient (Wildman–Crippen LogP) is 4.43. The monoisotopic (exact) mass is 438 g/mol. The van der Waals surface area contributed by atoms with E-state index in [0.717, 1.165) is 11.3 Å². The number of ether oxygens (including phenoxy) is 1. The number of hydrogen-bond acceptors (Lipinski definition) is 5. The molecule has 1 unspecified atom stereocenters. The minimum atomic E-state index is -0.323. The number of anilines is 2. The van der Waals surface area contributed by atoms with Gasteiger partial charge < -0.3 is 25.6 Å². The van der Waals surface area contributed by atoms with Crippen LogP contribution in [-0.4, -0.2) is 44.6 Å². The summed E-state index contributed by atoms with van der Waals surface area (Å²) < 4.78 is 5.30. The highest BCUT2D eigenvalue weighted by Gasteiger charge is 2.16. The smallest absolute Gasteiger partial charge is 0.319 e. The Morgan fingerprint density at radius 3 is 2.42 bits per heavy atom. The molecule has 31 heavy (non-hydrogen) atoms. The highest BCUT2D eigenvalue weighted by atomic mass is 32.1. The maximum atomic E-state index is 12.5. The Morgan fingerprint density at radius 2 is 1.74 bits per heavy atom. The average Bonchev–Trinajstić information content (AvgIpc) is 3.29. The van der Waals surface area contributed by atoms with Crippen molar-refractivity contribution in [3.05, 3.63) is 76.5 Å². The standard InChI is InChI=1S/C23H26N4O3S/c1-27(2)20(16-7-4-10-19(13-16)30-3)15-24-23(29)26-18-9-5-8-17(14-18)25-22(28)21-11-6-12-31-21/h4-14,20H,15H2,1-3H3,(H,25,28)(H2,24,26,29). The number of thiophene rings is 1. The molecule has 0 aliphatic rings. The van der Waals surface area contributed by atoms with Crippen LogP contribution in [0.25, 0.3) is 0 Å². The fourth-order valence-corrected chi connectivity index (χ4v) is 3.71. The molecule has 8 heteroatoms. The van der Waals surface area contributed by atoms with Gasteiger partial charge in [0, 0.05) is 17.9 Å². The Balaban J connectivity index is 1.59.